The number of likely N-dealkylation sites (tertiary alicyclic amines) is 1. The van der Waals surface area contributed by atoms with Crippen molar-refractivity contribution >= 4 is 34.5 Å². The minimum Gasteiger partial charge on any atom is -0.461 e. The first-order valence-electron chi connectivity index (χ1n) is 19.0. The molecular formula is C42H49N7O6. The number of rotatable bonds is 9. The number of hydrogen-bond donors (Lipinski definition) is 0. The maximum absolute atomic E-state index is 13.3. The van der Waals surface area contributed by atoms with Gasteiger partial charge in [0.25, 0.3) is 0 Å². The Labute approximate surface area is 322 Å². The van der Waals surface area contributed by atoms with Crippen molar-refractivity contribution in [3.8, 4) is 12.1 Å². The van der Waals surface area contributed by atoms with Crippen LogP contribution in [0.3, 0.4) is 0 Å². The highest BCUT2D eigenvalue weighted by Gasteiger charge is 2.39. The second-order valence-electron chi connectivity index (χ2n) is 15.3. The predicted molar refractivity (Wildman–Crippen MR) is 208 cm³/mol. The number of nitriles is 1. The number of benzene rings is 3. The first-order chi connectivity index (χ1) is 26.6. The molecule has 13 heteroatoms. The standard InChI is InChI=1S/C42H49N7O6/c1-42(2,3)55-41(51)49-25-33(52-4)23-32(49)28-53-39-44-36-26-46(37-16-10-14-30-13-8-9-15-34(30)37)20-18-35(36)38(45-39)47-21-22-48(31(24-47)17-19-43)40(50)54-27-29-11-6-5-7-12-29/h5-16,31-33H,17-18,20-28H2,1-4H3/t31?,32-,33+/m0/s1. The van der Waals surface area contributed by atoms with Gasteiger partial charge in [0.2, 0.25) is 0 Å². The van der Waals surface area contributed by atoms with Crippen LogP contribution in [0.4, 0.5) is 21.1 Å². The van der Waals surface area contributed by atoms with Crippen molar-refractivity contribution in [2.75, 3.05) is 56.2 Å². The van der Waals surface area contributed by atoms with E-state index in [0.29, 0.717) is 45.6 Å². The Hall–Kier alpha value is -5.61. The highest BCUT2D eigenvalue weighted by Crippen LogP contribution is 2.35. The van der Waals surface area contributed by atoms with Crippen LogP contribution in [-0.2, 0) is 33.8 Å². The zero-order valence-corrected chi connectivity index (χ0v) is 32.0. The van der Waals surface area contributed by atoms with Crippen LogP contribution in [0, 0.1) is 11.3 Å². The highest BCUT2D eigenvalue weighted by atomic mass is 16.6. The third-order valence-corrected chi connectivity index (χ3v) is 10.4. The fraction of sp³-hybridized carbons (Fsp3) is 0.452. The lowest BCUT2D eigenvalue weighted by molar-refractivity contribution is 0.0160. The summed E-state index contributed by atoms with van der Waals surface area (Å²) in [5, 5.41) is 12.2. The maximum Gasteiger partial charge on any atom is 0.410 e. The molecule has 288 valence electrons. The smallest absolute Gasteiger partial charge is 0.410 e. The molecule has 0 spiro atoms. The van der Waals surface area contributed by atoms with E-state index in [1.807, 2.05) is 57.2 Å². The number of amides is 2. The Kier molecular flexibility index (Phi) is 11.2. The quantitative estimate of drug-likeness (QED) is 0.190. The first kappa shape index (κ1) is 37.7. The molecule has 1 aromatic heterocycles. The van der Waals surface area contributed by atoms with E-state index in [4.69, 9.17) is 28.9 Å². The lowest BCUT2D eigenvalue weighted by Crippen LogP contribution is -2.55. The average molecular weight is 748 g/mol. The third-order valence-electron chi connectivity index (χ3n) is 10.4. The summed E-state index contributed by atoms with van der Waals surface area (Å²) in [7, 11) is 1.64. The summed E-state index contributed by atoms with van der Waals surface area (Å²) < 4.78 is 23.5. The number of carbonyl (C=O) groups excluding carboxylic acids is 2. The van der Waals surface area contributed by atoms with Crippen LogP contribution in [-0.4, -0.2) is 102 Å². The summed E-state index contributed by atoms with van der Waals surface area (Å²) >= 11 is 0. The van der Waals surface area contributed by atoms with E-state index in [2.05, 4.69) is 52.3 Å². The highest BCUT2D eigenvalue weighted by molar-refractivity contribution is 5.94. The van der Waals surface area contributed by atoms with Gasteiger partial charge in [-0.05, 0) is 50.6 Å². The predicted octanol–water partition coefficient (Wildman–Crippen LogP) is 6.34. The van der Waals surface area contributed by atoms with Crippen molar-refractivity contribution in [3.05, 3.63) is 89.6 Å². The van der Waals surface area contributed by atoms with Crippen LogP contribution in [0.2, 0.25) is 0 Å². The van der Waals surface area contributed by atoms with Crippen LogP contribution >= 0.6 is 0 Å². The van der Waals surface area contributed by atoms with Gasteiger partial charge in [0, 0.05) is 49.9 Å². The molecular weight excluding hydrogens is 699 g/mol. The fourth-order valence-corrected chi connectivity index (χ4v) is 7.69. The monoisotopic (exact) mass is 747 g/mol. The molecule has 0 saturated carbocycles. The summed E-state index contributed by atoms with van der Waals surface area (Å²) in [6, 6.07) is 26.0. The van der Waals surface area contributed by atoms with E-state index < -0.39 is 23.8 Å². The number of nitrogens with zero attached hydrogens (tertiary/aromatic N) is 7. The molecule has 55 heavy (non-hydrogen) atoms. The molecule has 3 atom stereocenters. The van der Waals surface area contributed by atoms with Crippen molar-refractivity contribution in [2.45, 2.75) is 77.0 Å². The zero-order chi connectivity index (χ0) is 38.5. The Balaban J connectivity index is 1.16. The summed E-state index contributed by atoms with van der Waals surface area (Å²) in [6.07, 6.45) is 0.418. The molecule has 7 rings (SSSR count). The van der Waals surface area contributed by atoms with Gasteiger partial charge in [-0.2, -0.15) is 15.2 Å². The molecule has 4 heterocycles. The molecule has 0 bridgehead atoms. The molecule has 2 fully saturated rings. The van der Waals surface area contributed by atoms with Gasteiger partial charge in [0.1, 0.15) is 24.6 Å². The number of piperazine rings is 1. The summed E-state index contributed by atoms with van der Waals surface area (Å²) in [5.41, 5.74) is 3.26. The zero-order valence-electron chi connectivity index (χ0n) is 32.0. The van der Waals surface area contributed by atoms with E-state index in [1.54, 1.807) is 16.9 Å². The van der Waals surface area contributed by atoms with Crippen molar-refractivity contribution in [1.29, 1.82) is 5.26 Å². The van der Waals surface area contributed by atoms with Crippen LogP contribution < -0.4 is 14.5 Å². The number of anilines is 2. The molecule has 2 amide bonds. The van der Waals surface area contributed by atoms with Gasteiger partial charge < -0.3 is 33.6 Å². The van der Waals surface area contributed by atoms with Crippen LogP contribution in [0.15, 0.2) is 72.8 Å². The molecule has 3 aromatic carbocycles. The molecule has 1 unspecified atom stereocenters. The molecule has 0 radical (unpaired) electrons. The molecule has 0 aliphatic carbocycles. The normalized spacial score (nSPS) is 19.9. The summed E-state index contributed by atoms with van der Waals surface area (Å²) in [5.74, 6) is 0.739. The van der Waals surface area contributed by atoms with Crippen LogP contribution in [0.5, 0.6) is 6.01 Å². The molecule has 4 aromatic rings. The number of ether oxygens (including phenoxy) is 4. The Bertz CT molecular complexity index is 2030. The van der Waals surface area contributed by atoms with Gasteiger partial charge in [-0.25, -0.2) is 9.59 Å². The van der Waals surface area contributed by atoms with Gasteiger partial charge in [-0.1, -0.05) is 66.7 Å². The summed E-state index contributed by atoms with van der Waals surface area (Å²) in [6.45, 7) is 8.80. The van der Waals surface area contributed by atoms with E-state index in [0.717, 1.165) is 34.9 Å². The van der Waals surface area contributed by atoms with Crippen molar-refractivity contribution in [2.24, 2.45) is 0 Å². The first-order valence-corrected chi connectivity index (χ1v) is 19.0. The van der Waals surface area contributed by atoms with E-state index >= 15 is 0 Å². The molecule has 3 aliphatic heterocycles. The van der Waals surface area contributed by atoms with Gasteiger partial charge in [-0.3, -0.25) is 4.90 Å². The van der Waals surface area contributed by atoms with Crippen molar-refractivity contribution in [3.63, 3.8) is 0 Å². The lowest BCUT2D eigenvalue weighted by atomic mass is 10.0. The molecule has 3 aliphatic rings. The largest absolute Gasteiger partial charge is 0.461 e. The Morgan fingerprint density at radius 1 is 0.873 bits per heavy atom. The van der Waals surface area contributed by atoms with E-state index in [-0.39, 0.29) is 37.8 Å². The minimum absolute atomic E-state index is 0.144. The Morgan fingerprint density at radius 3 is 2.44 bits per heavy atom. The topological polar surface area (TPSA) is 134 Å². The summed E-state index contributed by atoms with van der Waals surface area (Å²) in [4.78, 5) is 44.4. The second kappa shape index (κ2) is 16.4. The average Bonchev–Trinajstić information content (AvgIpc) is 3.62. The van der Waals surface area contributed by atoms with Crippen LogP contribution in [0.1, 0.15) is 50.4 Å². The van der Waals surface area contributed by atoms with Gasteiger partial charge in [0.05, 0.1) is 49.5 Å². The van der Waals surface area contributed by atoms with Gasteiger partial charge in [0.15, 0.2) is 0 Å². The van der Waals surface area contributed by atoms with Crippen molar-refractivity contribution in [1.82, 2.24) is 19.8 Å². The number of carbonyl (C=O) groups is 2. The number of fused-ring (bicyclic) bond motifs is 2. The SMILES string of the molecule is CO[C@@H]1C[C@@H](COc2nc3c(c(N4CCN(C(=O)OCc5ccccc5)C(CC#N)C4)n2)CCN(c2cccc4ccccc24)C3)N(C(=O)OC(C)(C)C)C1. The van der Waals surface area contributed by atoms with E-state index in [1.165, 1.54) is 10.8 Å². The number of aromatic nitrogens is 2. The number of methoxy groups -OCH3 is 1. The van der Waals surface area contributed by atoms with Crippen molar-refractivity contribution < 1.29 is 28.5 Å². The maximum atomic E-state index is 13.3. The second-order valence-corrected chi connectivity index (χ2v) is 15.3. The van der Waals surface area contributed by atoms with E-state index in [9.17, 15) is 14.9 Å². The Morgan fingerprint density at radius 2 is 1.65 bits per heavy atom. The lowest BCUT2D eigenvalue weighted by Gasteiger charge is -2.42. The third kappa shape index (κ3) is 8.70. The molecule has 2 saturated heterocycles. The van der Waals surface area contributed by atoms with Gasteiger partial charge >= 0.3 is 18.2 Å². The van der Waals surface area contributed by atoms with Crippen LogP contribution in [0.25, 0.3) is 10.8 Å². The molecule has 13 nitrogen and oxygen atoms in total. The fourth-order valence-electron chi connectivity index (χ4n) is 7.69. The van der Waals surface area contributed by atoms with Gasteiger partial charge in [-0.15, -0.1) is 0 Å². The minimum atomic E-state index is -0.647. The molecule has 0 N–H and O–H groups in total. The number of hydrogen-bond acceptors (Lipinski definition) is 11.